The van der Waals surface area contributed by atoms with Crippen LogP contribution >= 0.6 is 0 Å². The normalized spacial score (nSPS) is 17.7. The van der Waals surface area contributed by atoms with E-state index in [1.165, 1.54) is 0 Å². The van der Waals surface area contributed by atoms with Gasteiger partial charge in [-0.1, -0.05) is 0 Å². The van der Waals surface area contributed by atoms with Gasteiger partial charge in [-0.3, -0.25) is 0 Å². The summed E-state index contributed by atoms with van der Waals surface area (Å²) in [7, 11) is 0. The van der Waals surface area contributed by atoms with Crippen LogP contribution in [0.15, 0.2) is 12.3 Å². The molecule has 0 spiro atoms. The highest BCUT2D eigenvalue weighted by molar-refractivity contribution is 5.14. The smallest absolute Gasteiger partial charge is 0.250 e. The Morgan fingerprint density at radius 3 is 2.73 bits per heavy atom. The van der Waals surface area contributed by atoms with Gasteiger partial charge in [-0.15, -0.1) is 0 Å². The van der Waals surface area contributed by atoms with Crippen LogP contribution in [0.4, 0.5) is 8.78 Å². The Hall–Kier alpha value is -1.23. The maximum absolute atomic E-state index is 13.2. The fraction of sp³-hybridized carbons (Fsp3) is 0.500. The lowest BCUT2D eigenvalue weighted by Crippen LogP contribution is -2.34. The molecule has 15 heavy (non-hydrogen) atoms. The first-order chi connectivity index (χ1) is 7.25. The molecule has 1 aromatic rings. The van der Waals surface area contributed by atoms with Crippen LogP contribution in [0.25, 0.3) is 0 Å². The van der Waals surface area contributed by atoms with Gasteiger partial charge in [-0.2, -0.15) is 0 Å². The molecule has 1 fully saturated rings. The Balaban J connectivity index is 2.03. The van der Waals surface area contributed by atoms with Crippen molar-refractivity contribution in [3.05, 3.63) is 23.9 Å². The SMILES string of the molecule is Fc1cnc(OC2CCNCC2)c(F)c1. The minimum atomic E-state index is -0.742. The van der Waals surface area contributed by atoms with E-state index in [1.807, 2.05) is 0 Å². The summed E-state index contributed by atoms with van der Waals surface area (Å²) in [6.45, 7) is 1.71. The second-order valence-electron chi connectivity index (χ2n) is 3.51. The van der Waals surface area contributed by atoms with Gasteiger partial charge in [0, 0.05) is 6.07 Å². The minimum absolute atomic E-state index is 0.0290. The summed E-state index contributed by atoms with van der Waals surface area (Å²) >= 11 is 0. The average molecular weight is 214 g/mol. The monoisotopic (exact) mass is 214 g/mol. The van der Waals surface area contributed by atoms with E-state index < -0.39 is 11.6 Å². The van der Waals surface area contributed by atoms with E-state index in [0.717, 1.165) is 38.2 Å². The summed E-state index contributed by atoms with van der Waals surface area (Å²) < 4.78 is 31.1. The molecule has 3 nitrogen and oxygen atoms in total. The standard InChI is InChI=1S/C10H12F2N2O/c11-7-5-9(12)10(14-6-7)15-8-1-3-13-4-2-8/h5-6,8,13H,1-4H2. The van der Waals surface area contributed by atoms with Crippen molar-refractivity contribution in [1.29, 1.82) is 0 Å². The summed E-state index contributed by atoms with van der Waals surface area (Å²) in [5.41, 5.74) is 0. The zero-order chi connectivity index (χ0) is 10.7. The molecule has 5 heteroatoms. The quantitative estimate of drug-likeness (QED) is 0.809. The Labute approximate surface area is 86.5 Å². The van der Waals surface area contributed by atoms with Crippen molar-refractivity contribution in [2.75, 3.05) is 13.1 Å². The maximum Gasteiger partial charge on any atom is 0.250 e. The fourth-order valence-electron chi connectivity index (χ4n) is 1.56. The van der Waals surface area contributed by atoms with Crippen molar-refractivity contribution in [2.45, 2.75) is 18.9 Å². The van der Waals surface area contributed by atoms with Crippen molar-refractivity contribution < 1.29 is 13.5 Å². The molecule has 0 aliphatic carbocycles. The summed E-state index contributed by atoms with van der Waals surface area (Å²) in [5.74, 6) is -1.54. The zero-order valence-corrected chi connectivity index (χ0v) is 8.17. The molecule has 0 saturated carbocycles. The summed E-state index contributed by atoms with van der Waals surface area (Å²) in [4.78, 5) is 3.58. The molecule has 1 saturated heterocycles. The third-order valence-corrected chi connectivity index (χ3v) is 2.34. The molecule has 2 heterocycles. The van der Waals surface area contributed by atoms with Gasteiger partial charge >= 0.3 is 0 Å². The van der Waals surface area contributed by atoms with E-state index in [2.05, 4.69) is 10.3 Å². The number of halogens is 2. The molecule has 0 unspecified atom stereocenters. The molecule has 0 amide bonds. The number of rotatable bonds is 2. The average Bonchev–Trinajstić information content (AvgIpc) is 2.24. The van der Waals surface area contributed by atoms with Crippen LogP contribution < -0.4 is 10.1 Å². The van der Waals surface area contributed by atoms with E-state index in [9.17, 15) is 8.78 Å². The van der Waals surface area contributed by atoms with E-state index >= 15 is 0 Å². The van der Waals surface area contributed by atoms with Crippen LogP contribution in [0.1, 0.15) is 12.8 Å². The van der Waals surface area contributed by atoms with Crippen LogP contribution in [0.2, 0.25) is 0 Å². The number of hydrogen-bond acceptors (Lipinski definition) is 3. The Bertz CT molecular complexity index is 340. The van der Waals surface area contributed by atoms with Gasteiger partial charge in [-0.05, 0) is 25.9 Å². The van der Waals surface area contributed by atoms with Crippen molar-refractivity contribution in [1.82, 2.24) is 10.3 Å². The fourth-order valence-corrected chi connectivity index (χ4v) is 1.56. The van der Waals surface area contributed by atoms with Gasteiger partial charge in [0.25, 0.3) is 5.88 Å². The number of pyridine rings is 1. The lowest BCUT2D eigenvalue weighted by molar-refractivity contribution is 0.148. The van der Waals surface area contributed by atoms with Crippen LogP contribution in [-0.4, -0.2) is 24.2 Å². The molecular weight excluding hydrogens is 202 g/mol. The van der Waals surface area contributed by atoms with E-state index in [1.54, 1.807) is 0 Å². The second kappa shape index (κ2) is 4.53. The van der Waals surface area contributed by atoms with E-state index in [4.69, 9.17) is 4.74 Å². The molecule has 0 bridgehead atoms. The van der Waals surface area contributed by atoms with Crippen LogP contribution in [0.5, 0.6) is 5.88 Å². The Morgan fingerprint density at radius 1 is 1.33 bits per heavy atom. The molecule has 0 radical (unpaired) electrons. The van der Waals surface area contributed by atoms with Crippen molar-refractivity contribution in [2.24, 2.45) is 0 Å². The van der Waals surface area contributed by atoms with Gasteiger partial charge in [0.2, 0.25) is 0 Å². The number of hydrogen-bond donors (Lipinski definition) is 1. The maximum atomic E-state index is 13.2. The molecule has 1 aliphatic rings. The van der Waals surface area contributed by atoms with E-state index in [-0.39, 0.29) is 12.0 Å². The number of piperidine rings is 1. The van der Waals surface area contributed by atoms with Crippen molar-refractivity contribution in [3.63, 3.8) is 0 Å². The number of nitrogens with zero attached hydrogens (tertiary/aromatic N) is 1. The summed E-state index contributed by atoms with van der Waals surface area (Å²) in [6, 6.07) is 0.781. The first-order valence-electron chi connectivity index (χ1n) is 4.94. The van der Waals surface area contributed by atoms with Crippen LogP contribution in [0, 0.1) is 11.6 Å². The number of ether oxygens (including phenoxy) is 1. The topological polar surface area (TPSA) is 34.1 Å². The van der Waals surface area contributed by atoms with Gasteiger partial charge in [0.05, 0.1) is 6.20 Å². The van der Waals surface area contributed by atoms with Crippen LogP contribution in [0.3, 0.4) is 0 Å². The van der Waals surface area contributed by atoms with Gasteiger partial charge in [0.15, 0.2) is 5.82 Å². The third-order valence-electron chi connectivity index (χ3n) is 2.34. The number of nitrogens with one attached hydrogen (secondary N) is 1. The molecule has 0 aromatic carbocycles. The van der Waals surface area contributed by atoms with Gasteiger partial charge in [0.1, 0.15) is 11.9 Å². The lowest BCUT2D eigenvalue weighted by atomic mass is 10.1. The molecule has 2 rings (SSSR count). The molecular formula is C10H12F2N2O. The Morgan fingerprint density at radius 2 is 2.07 bits per heavy atom. The predicted octanol–water partition coefficient (Wildman–Crippen LogP) is 1.49. The van der Waals surface area contributed by atoms with Gasteiger partial charge < -0.3 is 10.1 Å². The second-order valence-corrected chi connectivity index (χ2v) is 3.51. The molecule has 1 N–H and O–H groups in total. The highest BCUT2D eigenvalue weighted by Gasteiger charge is 2.17. The van der Waals surface area contributed by atoms with Gasteiger partial charge in [-0.25, -0.2) is 13.8 Å². The largest absolute Gasteiger partial charge is 0.472 e. The summed E-state index contributed by atoms with van der Waals surface area (Å²) in [5, 5.41) is 3.17. The lowest BCUT2D eigenvalue weighted by Gasteiger charge is -2.23. The number of aromatic nitrogens is 1. The molecule has 0 atom stereocenters. The molecule has 1 aromatic heterocycles. The van der Waals surface area contributed by atoms with Crippen LogP contribution in [-0.2, 0) is 0 Å². The highest BCUT2D eigenvalue weighted by atomic mass is 19.1. The Kier molecular flexibility index (Phi) is 3.11. The van der Waals surface area contributed by atoms with Crippen molar-refractivity contribution in [3.8, 4) is 5.88 Å². The zero-order valence-electron chi connectivity index (χ0n) is 8.17. The third kappa shape index (κ3) is 2.62. The predicted molar refractivity (Wildman–Crippen MR) is 50.7 cm³/mol. The molecule has 82 valence electrons. The minimum Gasteiger partial charge on any atom is -0.472 e. The molecule has 1 aliphatic heterocycles. The first kappa shape index (κ1) is 10.3. The van der Waals surface area contributed by atoms with E-state index in [0.29, 0.717) is 0 Å². The van der Waals surface area contributed by atoms with Crippen molar-refractivity contribution >= 4 is 0 Å². The summed E-state index contributed by atoms with van der Waals surface area (Å²) in [6.07, 6.45) is 2.56. The highest BCUT2D eigenvalue weighted by Crippen LogP contribution is 2.18. The first-order valence-corrected chi connectivity index (χ1v) is 4.94.